The van der Waals surface area contributed by atoms with E-state index < -0.39 is 11.6 Å². The van der Waals surface area contributed by atoms with Crippen molar-refractivity contribution in [3.63, 3.8) is 0 Å². The third-order valence-corrected chi connectivity index (χ3v) is 3.81. The first-order valence-electron chi connectivity index (χ1n) is 6.87. The van der Waals surface area contributed by atoms with Gasteiger partial charge in [0.15, 0.2) is 5.60 Å². The van der Waals surface area contributed by atoms with Gasteiger partial charge in [-0.05, 0) is 51.3 Å². The molecule has 4 nitrogen and oxygen atoms in total. The van der Waals surface area contributed by atoms with Crippen LogP contribution in [-0.4, -0.2) is 29.8 Å². The number of hydrogen-bond donors (Lipinski definition) is 1. The van der Waals surface area contributed by atoms with Gasteiger partial charge in [0.25, 0.3) is 0 Å². The van der Waals surface area contributed by atoms with Gasteiger partial charge in [-0.25, -0.2) is 4.79 Å². The molecular weight excluding hydrogens is 278 g/mol. The van der Waals surface area contributed by atoms with E-state index in [0.717, 1.165) is 18.8 Å². The molecular formula is C15H20ClNO3. The van der Waals surface area contributed by atoms with Crippen molar-refractivity contribution in [1.29, 1.82) is 0 Å². The van der Waals surface area contributed by atoms with Crippen molar-refractivity contribution in [3.05, 3.63) is 23.2 Å². The van der Waals surface area contributed by atoms with Gasteiger partial charge in [-0.1, -0.05) is 11.6 Å². The van der Waals surface area contributed by atoms with Crippen molar-refractivity contribution in [2.24, 2.45) is 0 Å². The number of aliphatic carboxylic acids is 1. The number of halogens is 1. The second-order valence-corrected chi connectivity index (χ2v) is 5.99. The number of piperidine rings is 1. The van der Waals surface area contributed by atoms with E-state index >= 15 is 0 Å². The number of hydrogen-bond acceptors (Lipinski definition) is 3. The van der Waals surface area contributed by atoms with Crippen LogP contribution in [0.25, 0.3) is 0 Å². The summed E-state index contributed by atoms with van der Waals surface area (Å²) < 4.78 is 5.49. The fourth-order valence-electron chi connectivity index (χ4n) is 2.24. The Labute approximate surface area is 124 Å². The minimum absolute atomic E-state index is 0.403. The van der Waals surface area contributed by atoms with Crippen LogP contribution >= 0.6 is 11.6 Å². The Kier molecular flexibility index (Phi) is 4.43. The van der Waals surface area contributed by atoms with Crippen molar-refractivity contribution >= 4 is 23.3 Å². The lowest BCUT2D eigenvalue weighted by atomic mass is 10.1. The van der Waals surface area contributed by atoms with Crippen LogP contribution in [0.3, 0.4) is 0 Å². The molecule has 0 spiro atoms. The predicted molar refractivity (Wildman–Crippen MR) is 79.9 cm³/mol. The largest absolute Gasteiger partial charge is 0.478 e. The molecule has 1 heterocycles. The number of carboxylic acids is 1. The monoisotopic (exact) mass is 297 g/mol. The van der Waals surface area contributed by atoms with Crippen molar-refractivity contribution in [2.45, 2.75) is 38.7 Å². The van der Waals surface area contributed by atoms with Gasteiger partial charge >= 0.3 is 5.97 Å². The summed E-state index contributed by atoms with van der Waals surface area (Å²) in [5.41, 5.74) is -0.230. The van der Waals surface area contributed by atoms with Crippen molar-refractivity contribution < 1.29 is 14.6 Å². The van der Waals surface area contributed by atoms with Crippen molar-refractivity contribution in [1.82, 2.24) is 0 Å². The molecule has 2 rings (SSSR count). The maximum absolute atomic E-state index is 11.1. The van der Waals surface area contributed by atoms with Gasteiger partial charge in [0, 0.05) is 18.8 Å². The summed E-state index contributed by atoms with van der Waals surface area (Å²) in [4.78, 5) is 13.4. The zero-order chi connectivity index (χ0) is 14.8. The van der Waals surface area contributed by atoms with E-state index in [1.165, 1.54) is 33.1 Å². The van der Waals surface area contributed by atoms with Gasteiger partial charge in [-0.2, -0.15) is 0 Å². The molecule has 0 radical (unpaired) electrons. The summed E-state index contributed by atoms with van der Waals surface area (Å²) in [6, 6.07) is 5.53. The topological polar surface area (TPSA) is 49.8 Å². The van der Waals surface area contributed by atoms with Crippen LogP contribution in [0.4, 0.5) is 5.69 Å². The highest BCUT2D eigenvalue weighted by Gasteiger charge is 2.30. The third-order valence-electron chi connectivity index (χ3n) is 3.52. The Hall–Kier alpha value is -1.42. The number of rotatable bonds is 4. The van der Waals surface area contributed by atoms with Gasteiger partial charge in [-0.3, -0.25) is 0 Å². The SMILES string of the molecule is CC(C)(Oc1ccc(N2CCCCC2)cc1Cl)C(=O)O. The van der Waals surface area contributed by atoms with Gasteiger partial charge in [0.05, 0.1) is 5.02 Å². The number of anilines is 1. The summed E-state index contributed by atoms with van der Waals surface area (Å²) >= 11 is 6.21. The molecule has 1 aromatic rings. The normalized spacial score (nSPS) is 16.1. The van der Waals surface area contributed by atoms with Crippen LogP contribution in [0.5, 0.6) is 5.75 Å². The van der Waals surface area contributed by atoms with Crippen LogP contribution in [0.2, 0.25) is 5.02 Å². The first-order valence-corrected chi connectivity index (χ1v) is 7.25. The van der Waals surface area contributed by atoms with Crippen LogP contribution in [-0.2, 0) is 4.79 Å². The Bertz CT molecular complexity index is 496. The Morgan fingerprint density at radius 1 is 1.30 bits per heavy atom. The summed E-state index contributed by atoms with van der Waals surface area (Å²) in [5.74, 6) is -0.617. The predicted octanol–water partition coefficient (Wildman–Crippen LogP) is 3.57. The van der Waals surface area contributed by atoms with Crippen molar-refractivity contribution in [2.75, 3.05) is 18.0 Å². The molecule has 0 amide bonds. The molecule has 1 aromatic carbocycles. The molecule has 0 aromatic heterocycles. The highest BCUT2D eigenvalue weighted by molar-refractivity contribution is 6.32. The molecule has 1 fully saturated rings. The van der Waals surface area contributed by atoms with E-state index in [4.69, 9.17) is 21.4 Å². The number of carbonyl (C=O) groups is 1. The molecule has 20 heavy (non-hydrogen) atoms. The molecule has 0 atom stereocenters. The summed E-state index contributed by atoms with van der Waals surface area (Å²) in [6.45, 7) is 5.09. The molecule has 0 bridgehead atoms. The summed E-state index contributed by atoms with van der Waals surface area (Å²) in [5, 5.41) is 9.52. The lowest BCUT2D eigenvalue weighted by Crippen LogP contribution is -2.38. The van der Waals surface area contributed by atoms with E-state index in [0.29, 0.717) is 10.8 Å². The summed E-state index contributed by atoms with van der Waals surface area (Å²) in [6.07, 6.45) is 3.67. The summed E-state index contributed by atoms with van der Waals surface area (Å²) in [7, 11) is 0. The maximum Gasteiger partial charge on any atom is 0.347 e. The number of carboxylic acid groups (broad SMARTS) is 1. The second kappa shape index (κ2) is 5.92. The first kappa shape index (κ1) is 15.0. The first-order chi connectivity index (χ1) is 9.40. The minimum Gasteiger partial charge on any atom is -0.478 e. The van der Waals surface area contributed by atoms with E-state index in [-0.39, 0.29) is 0 Å². The zero-order valence-electron chi connectivity index (χ0n) is 11.9. The molecule has 1 aliphatic heterocycles. The Balaban J connectivity index is 2.15. The van der Waals surface area contributed by atoms with Gasteiger partial charge in [0.1, 0.15) is 5.75 Å². The third kappa shape index (κ3) is 3.37. The molecule has 0 saturated carbocycles. The molecule has 1 aliphatic rings. The zero-order valence-corrected chi connectivity index (χ0v) is 12.6. The molecule has 1 N–H and O–H groups in total. The minimum atomic E-state index is -1.30. The molecule has 0 aliphatic carbocycles. The van der Waals surface area contributed by atoms with Crippen LogP contribution < -0.4 is 9.64 Å². The average molecular weight is 298 g/mol. The fourth-order valence-corrected chi connectivity index (χ4v) is 2.45. The second-order valence-electron chi connectivity index (χ2n) is 5.58. The molecule has 110 valence electrons. The molecule has 0 unspecified atom stereocenters. The highest BCUT2D eigenvalue weighted by atomic mass is 35.5. The Morgan fingerprint density at radius 2 is 1.95 bits per heavy atom. The van der Waals surface area contributed by atoms with Gasteiger partial charge < -0.3 is 14.7 Å². The van der Waals surface area contributed by atoms with E-state index in [1.807, 2.05) is 12.1 Å². The standard InChI is InChI=1S/C15H20ClNO3/c1-15(2,14(18)19)20-13-7-6-11(10-12(13)16)17-8-4-3-5-9-17/h6-7,10H,3-5,8-9H2,1-2H3,(H,18,19). The fraction of sp³-hybridized carbons (Fsp3) is 0.533. The number of benzene rings is 1. The highest BCUT2D eigenvalue weighted by Crippen LogP contribution is 2.32. The number of ether oxygens (including phenoxy) is 1. The van der Waals surface area contributed by atoms with Crippen molar-refractivity contribution in [3.8, 4) is 5.75 Å². The Morgan fingerprint density at radius 3 is 2.50 bits per heavy atom. The van der Waals surface area contributed by atoms with Crippen LogP contribution in [0.15, 0.2) is 18.2 Å². The smallest absolute Gasteiger partial charge is 0.347 e. The van der Waals surface area contributed by atoms with E-state index in [2.05, 4.69) is 4.90 Å². The number of nitrogens with zero attached hydrogens (tertiary/aromatic N) is 1. The molecule has 5 heteroatoms. The van der Waals surface area contributed by atoms with Crippen LogP contribution in [0, 0.1) is 0 Å². The molecule has 1 saturated heterocycles. The van der Waals surface area contributed by atoms with Crippen LogP contribution in [0.1, 0.15) is 33.1 Å². The van der Waals surface area contributed by atoms with E-state index in [9.17, 15) is 4.79 Å². The average Bonchev–Trinajstić information content (AvgIpc) is 2.41. The maximum atomic E-state index is 11.1. The van der Waals surface area contributed by atoms with E-state index in [1.54, 1.807) is 6.07 Å². The quantitative estimate of drug-likeness (QED) is 0.923. The lowest BCUT2D eigenvalue weighted by Gasteiger charge is -2.29. The van der Waals surface area contributed by atoms with Gasteiger partial charge in [0.2, 0.25) is 0 Å². The van der Waals surface area contributed by atoms with Gasteiger partial charge in [-0.15, -0.1) is 0 Å². The lowest BCUT2D eigenvalue weighted by molar-refractivity contribution is -0.152.